The van der Waals surface area contributed by atoms with E-state index in [1.165, 1.54) is 26.8 Å². The first kappa shape index (κ1) is 27.8. The summed E-state index contributed by atoms with van der Waals surface area (Å²) >= 11 is 0. The summed E-state index contributed by atoms with van der Waals surface area (Å²) in [5.74, 6) is -1.01. The second kappa shape index (κ2) is 10.1. The van der Waals surface area contributed by atoms with Crippen molar-refractivity contribution in [2.75, 3.05) is 13.7 Å². The van der Waals surface area contributed by atoms with Gasteiger partial charge < -0.3 is 29.7 Å². The van der Waals surface area contributed by atoms with Gasteiger partial charge in [-0.2, -0.15) is 0 Å². The third kappa shape index (κ3) is 4.51. The molecule has 206 valence electrons. The molecule has 2 aromatic carbocycles. The fourth-order valence-corrected chi connectivity index (χ4v) is 4.88. The zero-order valence-corrected chi connectivity index (χ0v) is 23.1. The number of ketones is 3. The molecule has 0 aromatic heterocycles. The predicted molar refractivity (Wildman–Crippen MR) is 143 cm³/mol. The highest BCUT2D eigenvalue weighted by atomic mass is 16.5. The number of phenolic OH excluding ortho intramolecular Hbond substituents is 2. The summed E-state index contributed by atoms with van der Waals surface area (Å²) in [5.41, 5.74) is -0.513. The van der Waals surface area contributed by atoms with Gasteiger partial charge in [0.15, 0.2) is 28.8 Å². The number of nitrogens with one attached hydrogen (secondary N) is 1. The molecule has 0 amide bonds. The molecule has 2 aliphatic rings. The predicted octanol–water partition coefficient (Wildman–Crippen LogP) is 4.40. The van der Waals surface area contributed by atoms with Gasteiger partial charge in [-0.05, 0) is 51.3 Å². The van der Waals surface area contributed by atoms with E-state index in [1.807, 2.05) is 18.2 Å². The average Bonchev–Trinajstić information content (AvgIpc) is 3.17. The summed E-state index contributed by atoms with van der Waals surface area (Å²) in [5, 5.41) is 24.6. The molecule has 1 atom stereocenters. The number of carbonyl (C=O) groups excluding carboxylic acids is 3. The Hall–Kier alpha value is -4.27. The van der Waals surface area contributed by atoms with E-state index >= 15 is 0 Å². The van der Waals surface area contributed by atoms with Gasteiger partial charge in [0.1, 0.15) is 34.0 Å². The van der Waals surface area contributed by atoms with E-state index in [-0.39, 0.29) is 39.5 Å². The molecule has 9 nitrogen and oxygen atoms in total. The minimum absolute atomic E-state index is 0.00595. The number of carbonyl (C=O) groups is 3. The number of phenols is 2. The fourth-order valence-electron chi connectivity index (χ4n) is 4.88. The minimum Gasteiger partial charge on any atom is -0.507 e. The van der Waals surface area contributed by atoms with E-state index in [4.69, 9.17) is 14.2 Å². The van der Waals surface area contributed by atoms with Crippen LogP contribution in [-0.4, -0.2) is 41.3 Å². The van der Waals surface area contributed by atoms with Crippen LogP contribution in [0.1, 0.15) is 61.7 Å². The molecule has 1 heterocycles. The maximum Gasteiger partial charge on any atom is 0.194 e. The van der Waals surface area contributed by atoms with Gasteiger partial charge in [0.2, 0.25) is 0 Å². The Morgan fingerprint density at radius 1 is 1.13 bits per heavy atom. The summed E-state index contributed by atoms with van der Waals surface area (Å²) in [6.45, 7) is 10.8. The zero-order valence-electron chi connectivity index (χ0n) is 23.1. The first-order chi connectivity index (χ1) is 18.3. The van der Waals surface area contributed by atoms with Gasteiger partial charge in [-0.15, -0.1) is 0 Å². The van der Waals surface area contributed by atoms with Gasteiger partial charge in [-0.3, -0.25) is 14.4 Å². The molecular weight excluding hydrogens is 502 g/mol. The topological polar surface area (TPSA) is 131 Å². The van der Waals surface area contributed by atoms with Crippen molar-refractivity contribution in [2.45, 2.75) is 53.5 Å². The molecule has 9 heteroatoms. The number of methoxy groups -OCH3 is 1. The van der Waals surface area contributed by atoms with Crippen LogP contribution in [0.25, 0.3) is 0 Å². The van der Waals surface area contributed by atoms with Crippen molar-refractivity contribution < 1.29 is 38.8 Å². The number of aromatic hydroxyl groups is 2. The molecule has 1 aliphatic heterocycles. The molecule has 0 fully saturated rings. The van der Waals surface area contributed by atoms with Crippen molar-refractivity contribution >= 4 is 17.3 Å². The maximum absolute atomic E-state index is 13.9. The fraction of sp³-hybridized carbons (Fsp3) is 0.367. The van der Waals surface area contributed by atoms with E-state index in [0.717, 1.165) is 5.56 Å². The lowest BCUT2D eigenvalue weighted by molar-refractivity contribution is -0.123. The molecule has 0 bridgehead atoms. The first-order valence-corrected chi connectivity index (χ1v) is 12.7. The van der Waals surface area contributed by atoms with Crippen molar-refractivity contribution in [1.82, 2.24) is 5.32 Å². The quantitative estimate of drug-likeness (QED) is 0.256. The van der Waals surface area contributed by atoms with E-state index in [2.05, 4.69) is 19.2 Å². The molecule has 39 heavy (non-hydrogen) atoms. The van der Waals surface area contributed by atoms with Crippen LogP contribution in [0, 0.1) is 12.8 Å². The van der Waals surface area contributed by atoms with Crippen molar-refractivity contribution in [1.29, 1.82) is 0 Å². The van der Waals surface area contributed by atoms with E-state index in [9.17, 15) is 24.6 Å². The highest BCUT2D eigenvalue weighted by Crippen LogP contribution is 2.57. The average molecular weight is 536 g/mol. The van der Waals surface area contributed by atoms with Gasteiger partial charge >= 0.3 is 0 Å². The first-order valence-electron chi connectivity index (χ1n) is 12.7. The molecule has 2 aromatic rings. The largest absolute Gasteiger partial charge is 0.507 e. The van der Waals surface area contributed by atoms with Crippen LogP contribution in [0.4, 0.5) is 0 Å². The van der Waals surface area contributed by atoms with Crippen LogP contribution in [0.3, 0.4) is 0 Å². The zero-order chi connectivity index (χ0) is 28.8. The molecule has 0 radical (unpaired) electrons. The second-order valence-electron chi connectivity index (χ2n) is 10.4. The lowest BCUT2D eigenvalue weighted by atomic mass is 9.70. The van der Waals surface area contributed by atoms with Gasteiger partial charge in [0, 0.05) is 23.9 Å². The highest BCUT2D eigenvalue weighted by Gasteiger charge is 2.56. The van der Waals surface area contributed by atoms with Crippen molar-refractivity contribution in [3.8, 4) is 28.7 Å². The van der Waals surface area contributed by atoms with E-state index < -0.39 is 28.5 Å². The Balaban J connectivity index is 1.69. The van der Waals surface area contributed by atoms with Gasteiger partial charge in [0.25, 0.3) is 0 Å². The maximum atomic E-state index is 13.9. The summed E-state index contributed by atoms with van der Waals surface area (Å²) in [6, 6.07) is 5.50. The van der Waals surface area contributed by atoms with Crippen LogP contribution in [0.15, 0.2) is 41.3 Å². The second-order valence-corrected chi connectivity index (χ2v) is 10.4. The van der Waals surface area contributed by atoms with Gasteiger partial charge in [0.05, 0.1) is 24.9 Å². The summed E-state index contributed by atoms with van der Waals surface area (Å²) in [6.07, 6.45) is 1.20. The summed E-state index contributed by atoms with van der Waals surface area (Å²) in [4.78, 5) is 39.4. The molecule has 4 rings (SSSR count). The highest BCUT2D eigenvalue weighted by molar-refractivity contribution is 6.31. The molecular formula is C30H33NO8. The monoisotopic (exact) mass is 535 g/mol. The van der Waals surface area contributed by atoms with Crippen LogP contribution in [0.2, 0.25) is 0 Å². The van der Waals surface area contributed by atoms with E-state index in [0.29, 0.717) is 36.3 Å². The number of allylic oxidation sites excluding steroid dienone is 4. The van der Waals surface area contributed by atoms with Crippen LogP contribution < -0.4 is 19.5 Å². The van der Waals surface area contributed by atoms with Crippen molar-refractivity contribution in [2.24, 2.45) is 5.92 Å². The van der Waals surface area contributed by atoms with Crippen LogP contribution in [-0.2, 0) is 21.5 Å². The van der Waals surface area contributed by atoms with Crippen LogP contribution >= 0.6 is 0 Å². The number of benzene rings is 2. The molecule has 1 unspecified atom stereocenters. The smallest absolute Gasteiger partial charge is 0.194 e. The Morgan fingerprint density at radius 2 is 1.82 bits per heavy atom. The number of rotatable bonds is 8. The Bertz CT molecular complexity index is 1470. The SMILES string of the molecule is COc1cc(CNC(C)=C2C(=O)C=C3Oc4c(C(C)=O)c(O)c(C)c(O)c4C3(C)C2=O)ccc1OCC(C)C. The number of fused-ring (bicyclic) bond motifs is 3. The Morgan fingerprint density at radius 3 is 2.44 bits per heavy atom. The van der Waals surface area contributed by atoms with Gasteiger partial charge in [-0.1, -0.05) is 19.9 Å². The Kier molecular flexibility index (Phi) is 7.21. The van der Waals surface area contributed by atoms with E-state index in [1.54, 1.807) is 14.0 Å². The Labute approximate surface area is 227 Å². The van der Waals surface area contributed by atoms with Crippen LogP contribution in [0.5, 0.6) is 28.7 Å². The van der Waals surface area contributed by atoms with Crippen molar-refractivity contribution in [3.05, 3.63) is 63.6 Å². The molecule has 0 saturated carbocycles. The molecule has 0 spiro atoms. The number of ether oxygens (including phenoxy) is 3. The number of Topliss-reactive ketones (excluding diaryl/α,β-unsaturated/α-hetero) is 2. The third-order valence-electron chi connectivity index (χ3n) is 7.12. The molecule has 1 aliphatic carbocycles. The number of hydrogen-bond donors (Lipinski definition) is 3. The summed E-state index contributed by atoms with van der Waals surface area (Å²) < 4.78 is 17.1. The lowest BCUT2D eigenvalue weighted by Gasteiger charge is -2.29. The standard InChI is InChI=1S/C30H33NO8/c1-14(2)13-38-20-9-8-18(10-21(20)37-7)12-31-16(4)23-19(33)11-22-30(6,29(23)36)25-27(35)15(3)26(34)24(17(5)32)28(25)39-22/h8-11,14,31,34-35H,12-13H2,1-7H3. The molecule has 3 N–H and O–H groups in total. The summed E-state index contributed by atoms with van der Waals surface area (Å²) in [7, 11) is 1.56. The van der Waals surface area contributed by atoms with Crippen molar-refractivity contribution in [3.63, 3.8) is 0 Å². The lowest BCUT2D eigenvalue weighted by Crippen LogP contribution is -2.41. The minimum atomic E-state index is -1.56. The van der Waals surface area contributed by atoms with Gasteiger partial charge in [-0.25, -0.2) is 0 Å². The normalized spacial score (nSPS) is 19.2. The third-order valence-corrected chi connectivity index (χ3v) is 7.12. The number of hydrogen-bond acceptors (Lipinski definition) is 9. The molecule has 0 saturated heterocycles.